The first-order valence-corrected chi connectivity index (χ1v) is 9.19. The zero-order valence-electron chi connectivity index (χ0n) is 15.0. The molecule has 1 aliphatic rings. The van der Waals surface area contributed by atoms with Crippen molar-refractivity contribution in [1.29, 1.82) is 0 Å². The quantitative estimate of drug-likeness (QED) is 0.831. The summed E-state index contributed by atoms with van der Waals surface area (Å²) >= 11 is 0. The second kappa shape index (κ2) is 9.29. The van der Waals surface area contributed by atoms with Crippen molar-refractivity contribution in [2.75, 3.05) is 13.2 Å². The van der Waals surface area contributed by atoms with Gasteiger partial charge in [-0.05, 0) is 50.3 Å². The van der Waals surface area contributed by atoms with Gasteiger partial charge in [0, 0.05) is 12.6 Å². The Balaban J connectivity index is 1.76. The Morgan fingerprint density at radius 2 is 1.65 bits per heavy atom. The number of aliphatic hydroxyl groups excluding tert-OH is 1. The molecule has 0 saturated heterocycles. The molecule has 3 nitrogen and oxygen atoms in total. The van der Waals surface area contributed by atoms with Crippen molar-refractivity contribution in [2.45, 2.75) is 77.9 Å². The lowest BCUT2D eigenvalue weighted by Gasteiger charge is -2.23. The fraction of sp³-hybridized carbons (Fsp3) is 0.700. The molecule has 1 aromatic rings. The molecule has 0 spiro atoms. The minimum Gasteiger partial charge on any atom is -0.490 e. The van der Waals surface area contributed by atoms with Gasteiger partial charge >= 0.3 is 0 Å². The maximum Gasteiger partial charge on any atom is 0.125 e. The average molecular weight is 319 g/mol. The van der Waals surface area contributed by atoms with Crippen LogP contribution in [-0.4, -0.2) is 30.4 Å². The predicted molar refractivity (Wildman–Crippen MR) is 96.3 cm³/mol. The van der Waals surface area contributed by atoms with Crippen molar-refractivity contribution >= 4 is 0 Å². The number of aliphatic hydroxyl groups is 1. The molecule has 0 amide bonds. The summed E-state index contributed by atoms with van der Waals surface area (Å²) in [6.07, 6.45) is 8.74. The number of benzene rings is 1. The summed E-state index contributed by atoms with van der Waals surface area (Å²) in [5.74, 6) is 0.926. The lowest BCUT2D eigenvalue weighted by molar-refractivity contribution is 0.101. The third kappa shape index (κ3) is 5.82. The Bertz CT molecular complexity index is 479. The van der Waals surface area contributed by atoms with Crippen molar-refractivity contribution < 1.29 is 9.84 Å². The van der Waals surface area contributed by atoms with Crippen LogP contribution in [0.15, 0.2) is 12.1 Å². The molecule has 1 aliphatic carbocycles. The van der Waals surface area contributed by atoms with E-state index in [4.69, 9.17) is 4.74 Å². The molecule has 1 atom stereocenters. The molecule has 0 aromatic heterocycles. The maximum atomic E-state index is 10.2. The lowest BCUT2D eigenvalue weighted by atomic mass is 9.96. The Morgan fingerprint density at radius 3 is 2.35 bits per heavy atom. The first kappa shape index (κ1) is 18.3. The molecular weight excluding hydrogens is 286 g/mol. The second-order valence-electron chi connectivity index (χ2n) is 7.07. The van der Waals surface area contributed by atoms with Gasteiger partial charge in [-0.15, -0.1) is 0 Å². The minimum absolute atomic E-state index is 0.352. The first-order chi connectivity index (χ1) is 11.1. The highest BCUT2D eigenvalue weighted by Gasteiger charge is 2.14. The van der Waals surface area contributed by atoms with E-state index in [0.29, 0.717) is 19.2 Å². The molecule has 23 heavy (non-hydrogen) atoms. The third-order valence-electron chi connectivity index (χ3n) is 5.04. The van der Waals surface area contributed by atoms with Gasteiger partial charge in [-0.3, -0.25) is 0 Å². The van der Waals surface area contributed by atoms with E-state index in [1.165, 1.54) is 56.1 Å². The van der Waals surface area contributed by atoms with Gasteiger partial charge in [0.15, 0.2) is 0 Å². The largest absolute Gasteiger partial charge is 0.490 e. The number of nitrogens with one attached hydrogen (secondary N) is 1. The van der Waals surface area contributed by atoms with Crippen LogP contribution in [0, 0.1) is 20.8 Å². The maximum absolute atomic E-state index is 10.2. The molecule has 2 N–H and O–H groups in total. The van der Waals surface area contributed by atoms with E-state index in [0.717, 1.165) is 11.3 Å². The summed E-state index contributed by atoms with van der Waals surface area (Å²) in [5, 5.41) is 13.8. The highest BCUT2D eigenvalue weighted by Crippen LogP contribution is 2.25. The first-order valence-electron chi connectivity index (χ1n) is 9.19. The van der Waals surface area contributed by atoms with Crippen molar-refractivity contribution in [3.63, 3.8) is 0 Å². The van der Waals surface area contributed by atoms with Gasteiger partial charge in [-0.25, -0.2) is 0 Å². The summed E-state index contributed by atoms with van der Waals surface area (Å²) in [4.78, 5) is 0. The van der Waals surface area contributed by atoms with Crippen molar-refractivity contribution in [1.82, 2.24) is 5.32 Å². The zero-order valence-corrected chi connectivity index (χ0v) is 15.0. The smallest absolute Gasteiger partial charge is 0.125 e. The molecule has 0 radical (unpaired) electrons. The van der Waals surface area contributed by atoms with Crippen LogP contribution in [0.2, 0.25) is 0 Å². The SMILES string of the molecule is Cc1ccc(C)c(OC[C@@H](O)CNC2CCCCCCC2)c1C. The van der Waals surface area contributed by atoms with Crippen LogP contribution in [0.4, 0.5) is 0 Å². The van der Waals surface area contributed by atoms with E-state index >= 15 is 0 Å². The van der Waals surface area contributed by atoms with Gasteiger partial charge in [0.2, 0.25) is 0 Å². The highest BCUT2D eigenvalue weighted by molar-refractivity contribution is 5.44. The van der Waals surface area contributed by atoms with E-state index in [2.05, 4.69) is 38.2 Å². The number of hydrogen-bond acceptors (Lipinski definition) is 3. The van der Waals surface area contributed by atoms with Gasteiger partial charge in [0.1, 0.15) is 18.5 Å². The Morgan fingerprint density at radius 1 is 1.04 bits per heavy atom. The van der Waals surface area contributed by atoms with Gasteiger partial charge < -0.3 is 15.2 Å². The van der Waals surface area contributed by atoms with E-state index in [-0.39, 0.29) is 0 Å². The third-order valence-corrected chi connectivity index (χ3v) is 5.04. The van der Waals surface area contributed by atoms with Gasteiger partial charge in [-0.1, -0.05) is 44.2 Å². The summed E-state index contributed by atoms with van der Waals surface area (Å²) in [7, 11) is 0. The molecule has 1 saturated carbocycles. The number of rotatable bonds is 6. The molecule has 3 heteroatoms. The normalized spacial score (nSPS) is 18.3. The van der Waals surface area contributed by atoms with Gasteiger partial charge in [0.25, 0.3) is 0 Å². The fourth-order valence-corrected chi connectivity index (χ4v) is 3.35. The standard InChI is InChI=1S/C20H33NO2/c1-15-11-12-16(2)20(17(15)3)23-14-19(22)13-21-18-9-7-5-4-6-8-10-18/h11-12,18-19,21-22H,4-10,13-14H2,1-3H3/t19-/m0/s1. The van der Waals surface area contributed by atoms with Crippen LogP contribution in [0.25, 0.3) is 0 Å². The van der Waals surface area contributed by atoms with Crippen LogP contribution in [0.1, 0.15) is 61.6 Å². The van der Waals surface area contributed by atoms with E-state index in [1.807, 2.05) is 0 Å². The summed E-state index contributed by atoms with van der Waals surface area (Å²) in [5.41, 5.74) is 3.53. The molecule has 0 bridgehead atoms. The van der Waals surface area contributed by atoms with Gasteiger partial charge in [0.05, 0.1) is 0 Å². The van der Waals surface area contributed by atoms with Crippen LogP contribution in [0.3, 0.4) is 0 Å². The van der Waals surface area contributed by atoms with Crippen LogP contribution < -0.4 is 10.1 Å². The predicted octanol–water partition coefficient (Wildman–Crippen LogP) is 4.05. The number of hydrogen-bond donors (Lipinski definition) is 2. The molecule has 130 valence electrons. The van der Waals surface area contributed by atoms with E-state index in [1.54, 1.807) is 0 Å². The van der Waals surface area contributed by atoms with Crippen LogP contribution in [0.5, 0.6) is 5.75 Å². The molecule has 1 fully saturated rings. The number of ether oxygens (including phenoxy) is 1. The monoisotopic (exact) mass is 319 g/mol. The minimum atomic E-state index is -0.459. The van der Waals surface area contributed by atoms with Gasteiger partial charge in [-0.2, -0.15) is 0 Å². The fourth-order valence-electron chi connectivity index (χ4n) is 3.35. The molecule has 0 unspecified atom stereocenters. The second-order valence-corrected chi connectivity index (χ2v) is 7.07. The molecule has 2 rings (SSSR count). The van der Waals surface area contributed by atoms with E-state index < -0.39 is 6.10 Å². The van der Waals surface area contributed by atoms with E-state index in [9.17, 15) is 5.11 Å². The Kier molecular flexibility index (Phi) is 7.38. The zero-order chi connectivity index (χ0) is 16.7. The Labute approximate surface area is 141 Å². The molecule has 0 aliphatic heterocycles. The summed E-state index contributed by atoms with van der Waals surface area (Å²) in [6, 6.07) is 4.76. The molecule has 1 aromatic carbocycles. The summed E-state index contributed by atoms with van der Waals surface area (Å²) < 4.78 is 5.90. The van der Waals surface area contributed by atoms with Crippen LogP contribution >= 0.6 is 0 Å². The topological polar surface area (TPSA) is 41.5 Å². The lowest BCUT2D eigenvalue weighted by Crippen LogP contribution is -2.38. The highest BCUT2D eigenvalue weighted by atomic mass is 16.5. The van der Waals surface area contributed by atoms with Crippen molar-refractivity contribution in [2.24, 2.45) is 0 Å². The van der Waals surface area contributed by atoms with Crippen LogP contribution in [-0.2, 0) is 0 Å². The Hall–Kier alpha value is -1.06. The van der Waals surface area contributed by atoms with Crippen molar-refractivity contribution in [3.8, 4) is 5.75 Å². The molecule has 0 heterocycles. The summed E-state index contributed by atoms with van der Waals surface area (Å²) in [6.45, 7) is 7.20. The molecular formula is C20H33NO2. The number of aryl methyl sites for hydroxylation is 2. The average Bonchev–Trinajstić information content (AvgIpc) is 2.50. The van der Waals surface area contributed by atoms with Crippen molar-refractivity contribution in [3.05, 3.63) is 28.8 Å².